The fourth-order valence-corrected chi connectivity index (χ4v) is 1.39. The summed E-state index contributed by atoms with van der Waals surface area (Å²) in [5, 5.41) is 8.30. The van der Waals surface area contributed by atoms with Crippen LogP contribution < -0.4 is 4.72 Å². The van der Waals surface area contributed by atoms with Gasteiger partial charge in [-0.05, 0) is 30.1 Å². The van der Waals surface area contributed by atoms with Crippen molar-refractivity contribution >= 4 is 17.9 Å². The maximum Gasteiger partial charge on any atom is 0.318 e. The second kappa shape index (κ2) is 4.84. The lowest BCUT2D eigenvalue weighted by molar-refractivity contribution is -0.135. The smallest absolute Gasteiger partial charge is 0.318 e. The van der Waals surface area contributed by atoms with Crippen LogP contribution in [0.15, 0.2) is 29.2 Å². The normalized spacial score (nSPS) is 9.92. The Morgan fingerprint density at radius 1 is 1.62 bits per heavy atom. The first-order chi connectivity index (χ1) is 6.18. The standard InChI is InChI=1S/C8H8FNO2S/c9-6-2-1-3-7(4-6)13-10-5-8(11)12/h1-4,10H,5H2,(H,11,12). The van der Waals surface area contributed by atoms with Crippen LogP contribution in [0.4, 0.5) is 4.39 Å². The summed E-state index contributed by atoms with van der Waals surface area (Å²) in [6.45, 7) is -0.152. The van der Waals surface area contributed by atoms with Gasteiger partial charge in [0.05, 0.1) is 0 Å². The van der Waals surface area contributed by atoms with Crippen LogP contribution >= 0.6 is 11.9 Å². The van der Waals surface area contributed by atoms with Crippen molar-refractivity contribution in [2.24, 2.45) is 0 Å². The third kappa shape index (κ3) is 3.91. The highest BCUT2D eigenvalue weighted by molar-refractivity contribution is 7.97. The number of hydrogen-bond donors (Lipinski definition) is 2. The van der Waals surface area contributed by atoms with Gasteiger partial charge in [-0.1, -0.05) is 6.07 Å². The molecule has 0 radical (unpaired) electrons. The van der Waals surface area contributed by atoms with Crippen molar-refractivity contribution in [3.63, 3.8) is 0 Å². The Hall–Kier alpha value is -1.07. The molecule has 2 N–H and O–H groups in total. The second-order valence-corrected chi connectivity index (χ2v) is 3.24. The molecule has 13 heavy (non-hydrogen) atoms. The van der Waals surface area contributed by atoms with E-state index in [0.29, 0.717) is 4.90 Å². The lowest BCUT2D eigenvalue weighted by atomic mass is 10.4. The highest BCUT2D eigenvalue weighted by Crippen LogP contribution is 2.14. The Morgan fingerprint density at radius 3 is 3.00 bits per heavy atom. The van der Waals surface area contributed by atoms with Crippen LogP contribution in [0.1, 0.15) is 0 Å². The van der Waals surface area contributed by atoms with E-state index in [1.807, 2.05) is 0 Å². The van der Waals surface area contributed by atoms with Gasteiger partial charge in [-0.15, -0.1) is 0 Å². The quantitative estimate of drug-likeness (QED) is 0.725. The fraction of sp³-hybridized carbons (Fsp3) is 0.125. The summed E-state index contributed by atoms with van der Waals surface area (Å²) in [4.78, 5) is 10.8. The van der Waals surface area contributed by atoms with Crippen LogP contribution in [0, 0.1) is 5.82 Å². The molecule has 5 heteroatoms. The summed E-state index contributed by atoms with van der Waals surface area (Å²) < 4.78 is 15.2. The van der Waals surface area contributed by atoms with Crippen LogP contribution in [0.25, 0.3) is 0 Å². The average molecular weight is 201 g/mol. The van der Waals surface area contributed by atoms with Crippen molar-refractivity contribution in [1.82, 2.24) is 4.72 Å². The highest BCUT2D eigenvalue weighted by Gasteiger charge is 1.98. The second-order valence-electron chi connectivity index (χ2n) is 2.27. The largest absolute Gasteiger partial charge is 0.480 e. The molecule has 1 aromatic carbocycles. The zero-order chi connectivity index (χ0) is 9.68. The Balaban J connectivity index is 2.41. The number of aliphatic carboxylic acids is 1. The van der Waals surface area contributed by atoms with Gasteiger partial charge in [-0.25, -0.2) is 9.11 Å². The zero-order valence-corrected chi connectivity index (χ0v) is 7.47. The molecule has 0 heterocycles. The van der Waals surface area contributed by atoms with Crippen LogP contribution in [-0.4, -0.2) is 17.6 Å². The van der Waals surface area contributed by atoms with Gasteiger partial charge in [0.25, 0.3) is 0 Å². The maximum atomic E-state index is 12.6. The molecule has 70 valence electrons. The minimum Gasteiger partial charge on any atom is -0.480 e. The third-order valence-corrected chi connectivity index (χ3v) is 1.99. The van der Waals surface area contributed by atoms with Crippen LogP contribution in [0.2, 0.25) is 0 Å². The summed E-state index contributed by atoms with van der Waals surface area (Å²) in [7, 11) is 0. The minimum atomic E-state index is -0.941. The number of hydrogen-bond acceptors (Lipinski definition) is 3. The fourth-order valence-electron chi connectivity index (χ4n) is 0.712. The first kappa shape index (κ1) is 10.0. The Bertz CT molecular complexity index is 306. The van der Waals surface area contributed by atoms with Gasteiger partial charge >= 0.3 is 5.97 Å². The number of halogens is 1. The van der Waals surface area contributed by atoms with Gasteiger partial charge in [0.2, 0.25) is 0 Å². The van der Waals surface area contributed by atoms with Gasteiger partial charge < -0.3 is 5.11 Å². The summed E-state index contributed by atoms with van der Waals surface area (Å²) in [5.41, 5.74) is 0. The van der Waals surface area contributed by atoms with Crippen molar-refractivity contribution in [2.45, 2.75) is 4.90 Å². The van der Waals surface area contributed by atoms with Crippen molar-refractivity contribution in [3.05, 3.63) is 30.1 Å². The predicted molar refractivity (Wildman–Crippen MR) is 47.9 cm³/mol. The van der Waals surface area contributed by atoms with E-state index in [4.69, 9.17) is 5.11 Å². The number of benzene rings is 1. The molecule has 0 spiro atoms. The Morgan fingerprint density at radius 2 is 2.38 bits per heavy atom. The molecule has 1 aromatic rings. The molecule has 0 saturated carbocycles. The van der Waals surface area contributed by atoms with E-state index in [1.165, 1.54) is 12.1 Å². The SMILES string of the molecule is O=C(O)CNSc1cccc(F)c1. The molecule has 0 aromatic heterocycles. The van der Waals surface area contributed by atoms with Crippen LogP contribution in [0.3, 0.4) is 0 Å². The van der Waals surface area contributed by atoms with E-state index < -0.39 is 5.97 Å². The van der Waals surface area contributed by atoms with Gasteiger partial charge in [0, 0.05) is 4.90 Å². The monoisotopic (exact) mass is 201 g/mol. The van der Waals surface area contributed by atoms with Gasteiger partial charge in [-0.3, -0.25) is 4.79 Å². The molecular weight excluding hydrogens is 193 g/mol. The lowest BCUT2D eigenvalue weighted by Gasteiger charge is -2.00. The number of carboxylic acids is 1. The lowest BCUT2D eigenvalue weighted by Crippen LogP contribution is -2.15. The first-order valence-corrected chi connectivity index (χ1v) is 4.37. The minimum absolute atomic E-state index is 0.152. The highest BCUT2D eigenvalue weighted by atomic mass is 32.2. The van der Waals surface area contributed by atoms with Gasteiger partial charge in [-0.2, -0.15) is 0 Å². The Kier molecular flexibility index (Phi) is 3.72. The molecule has 1 rings (SSSR count). The number of carbonyl (C=O) groups is 1. The van der Waals surface area contributed by atoms with E-state index in [1.54, 1.807) is 12.1 Å². The molecule has 0 aliphatic rings. The molecule has 3 nitrogen and oxygen atoms in total. The number of nitrogens with one attached hydrogen (secondary N) is 1. The molecule has 0 aliphatic heterocycles. The molecule has 0 aliphatic carbocycles. The Labute approximate surface area is 79.1 Å². The third-order valence-electron chi connectivity index (χ3n) is 1.21. The summed E-state index contributed by atoms with van der Waals surface area (Å²) in [6, 6.07) is 5.93. The van der Waals surface area contributed by atoms with Crippen molar-refractivity contribution in [1.29, 1.82) is 0 Å². The van der Waals surface area contributed by atoms with E-state index in [-0.39, 0.29) is 12.4 Å². The van der Waals surface area contributed by atoms with Crippen LogP contribution in [-0.2, 0) is 4.79 Å². The van der Waals surface area contributed by atoms with Crippen molar-refractivity contribution in [3.8, 4) is 0 Å². The van der Waals surface area contributed by atoms with Gasteiger partial charge in [0.15, 0.2) is 0 Å². The number of rotatable bonds is 4. The molecular formula is C8H8FNO2S. The molecule has 0 saturated heterocycles. The van der Waals surface area contributed by atoms with E-state index in [2.05, 4.69) is 4.72 Å². The maximum absolute atomic E-state index is 12.6. The molecule has 0 fully saturated rings. The van der Waals surface area contributed by atoms with Crippen LogP contribution in [0.5, 0.6) is 0 Å². The van der Waals surface area contributed by atoms with Gasteiger partial charge in [0.1, 0.15) is 12.4 Å². The van der Waals surface area contributed by atoms with E-state index in [0.717, 1.165) is 11.9 Å². The summed E-state index contributed by atoms with van der Waals surface area (Å²) in [6.07, 6.45) is 0. The van der Waals surface area contributed by atoms with E-state index >= 15 is 0 Å². The van der Waals surface area contributed by atoms with Crippen molar-refractivity contribution in [2.75, 3.05) is 6.54 Å². The van der Waals surface area contributed by atoms with E-state index in [9.17, 15) is 9.18 Å². The van der Waals surface area contributed by atoms with Crippen molar-refractivity contribution < 1.29 is 14.3 Å². The molecule has 0 unspecified atom stereocenters. The topological polar surface area (TPSA) is 49.3 Å². The zero-order valence-electron chi connectivity index (χ0n) is 6.66. The summed E-state index contributed by atoms with van der Waals surface area (Å²) in [5.74, 6) is -1.27. The number of carboxylic acid groups (broad SMARTS) is 1. The molecule has 0 bridgehead atoms. The average Bonchev–Trinajstić information content (AvgIpc) is 2.03. The molecule has 0 atom stereocenters. The summed E-state index contributed by atoms with van der Waals surface area (Å²) >= 11 is 1.09. The predicted octanol–water partition coefficient (Wildman–Crippen LogP) is 1.51. The molecule has 0 amide bonds. The first-order valence-electron chi connectivity index (χ1n) is 3.55.